The fourth-order valence-electron chi connectivity index (χ4n) is 4.13. The molecule has 0 radical (unpaired) electrons. The van der Waals surface area contributed by atoms with Gasteiger partial charge in [0.1, 0.15) is 16.8 Å². The molecule has 196 valence electrons. The van der Waals surface area contributed by atoms with Crippen LogP contribution in [0.15, 0.2) is 65.8 Å². The zero-order valence-electron chi connectivity index (χ0n) is 21.2. The van der Waals surface area contributed by atoms with Gasteiger partial charge in [-0.2, -0.15) is 0 Å². The van der Waals surface area contributed by atoms with E-state index in [0.29, 0.717) is 55.3 Å². The summed E-state index contributed by atoms with van der Waals surface area (Å²) < 4.78 is 14.2. The van der Waals surface area contributed by atoms with Crippen LogP contribution in [0.5, 0.6) is 0 Å². The van der Waals surface area contributed by atoms with Crippen molar-refractivity contribution >= 4 is 40.8 Å². The summed E-state index contributed by atoms with van der Waals surface area (Å²) in [7, 11) is 3.99. The zero-order valence-corrected chi connectivity index (χ0v) is 22.8. The molecular weight excluding hydrogens is 511 g/mol. The summed E-state index contributed by atoms with van der Waals surface area (Å²) in [5, 5.41) is 0.810. The first-order valence-corrected chi connectivity index (χ1v) is 13.6. The largest absolute Gasteiger partial charge is 0.366 e. The first-order valence-electron chi connectivity index (χ1n) is 12.3. The second kappa shape index (κ2) is 13.1. The Balaban J connectivity index is 1.37. The molecule has 7 nitrogen and oxygen atoms in total. The van der Waals surface area contributed by atoms with Crippen molar-refractivity contribution in [1.82, 2.24) is 19.8 Å². The van der Waals surface area contributed by atoms with Gasteiger partial charge < -0.3 is 19.6 Å². The molecular formula is C27H32ClFN6OS. The maximum atomic E-state index is 14.2. The molecule has 1 saturated heterocycles. The molecule has 3 aromatic rings. The van der Waals surface area contributed by atoms with Crippen molar-refractivity contribution in [2.75, 3.05) is 68.9 Å². The summed E-state index contributed by atoms with van der Waals surface area (Å²) in [5.41, 5.74) is 1.71. The maximum absolute atomic E-state index is 14.2. The number of rotatable bonds is 10. The number of piperazine rings is 1. The number of hydrogen-bond acceptors (Lipinski definition) is 7. The van der Waals surface area contributed by atoms with E-state index >= 15 is 0 Å². The molecule has 2 heterocycles. The molecule has 1 aromatic heterocycles. The van der Waals surface area contributed by atoms with Gasteiger partial charge in [0.05, 0.1) is 11.4 Å². The quantitative estimate of drug-likeness (QED) is 0.215. The van der Waals surface area contributed by atoms with Crippen LogP contribution in [0.1, 0.15) is 5.56 Å². The number of likely N-dealkylation sites (N-methyl/N-ethyl adjacent to an activating group) is 1. The molecule has 0 saturated carbocycles. The number of halogens is 2. The van der Waals surface area contributed by atoms with Crippen LogP contribution in [-0.4, -0.2) is 84.8 Å². The number of carbonyl (C=O) groups excluding carboxylic acids is 1. The van der Waals surface area contributed by atoms with E-state index in [4.69, 9.17) is 11.6 Å². The van der Waals surface area contributed by atoms with E-state index < -0.39 is 0 Å². The van der Waals surface area contributed by atoms with Crippen molar-refractivity contribution < 1.29 is 9.18 Å². The van der Waals surface area contributed by atoms with Crippen LogP contribution >= 0.6 is 23.4 Å². The third-order valence-electron chi connectivity index (χ3n) is 6.17. The first-order chi connectivity index (χ1) is 17.9. The highest BCUT2D eigenvalue weighted by Gasteiger charge is 2.22. The average Bonchev–Trinajstić information content (AvgIpc) is 2.90. The van der Waals surface area contributed by atoms with Gasteiger partial charge in [0.25, 0.3) is 0 Å². The van der Waals surface area contributed by atoms with Gasteiger partial charge in [-0.05, 0) is 31.8 Å². The van der Waals surface area contributed by atoms with Gasteiger partial charge in [-0.3, -0.25) is 4.79 Å². The third kappa shape index (κ3) is 7.80. The highest BCUT2D eigenvalue weighted by atomic mass is 35.5. The standard InChI is InChI=1S/C27H32ClFN6OS/c1-32(2)12-13-35(19-21-8-4-3-5-9-21)26(36)20-37-27-30-24(28)18-25(31-27)34-16-14-33(15-17-34)23-11-7-6-10-22(23)29/h3-11,18H,12-17,19-20H2,1-2H3. The number of anilines is 2. The molecule has 0 aliphatic carbocycles. The van der Waals surface area contributed by atoms with Gasteiger partial charge in [0, 0.05) is 51.9 Å². The number of amides is 1. The normalized spacial score (nSPS) is 13.8. The molecule has 0 spiro atoms. The molecule has 4 rings (SSSR count). The Kier molecular flexibility index (Phi) is 9.60. The molecule has 1 aliphatic heterocycles. The molecule has 0 bridgehead atoms. The van der Waals surface area contributed by atoms with Gasteiger partial charge in [0.2, 0.25) is 5.91 Å². The summed E-state index contributed by atoms with van der Waals surface area (Å²) in [6.45, 7) is 4.67. The minimum atomic E-state index is -0.212. The van der Waals surface area contributed by atoms with Gasteiger partial charge in [0.15, 0.2) is 5.16 Å². The van der Waals surface area contributed by atoms with E-state index in [2.05, 4.69) is 19.8 Å². The Morgan fingerprint density at radius 2 is 1.65 bits per heavy atom. The van der Waals surface area contributed by atoms with Crippen molar-refractivity contribution in [3.05, 3.63) is 77.2 Å². The van der Waals surface area contributed by atoms with Gasteiger partial charge >= 0.3 is 0 Å². The van der Waals surface area contributed by atoms with E-state index in [1.807, 2.05) is 60.3 Å². The monoisotopic (exact) mass is 542 g/mol. The number of hydrogen-bond donors (Lipinski definition) is 0. The third-order valence-corrected chi connectivity index (χ3v) is 7.19. The van der Waals surface area contributed by atoms with Gasteiger partial charge in [-0.15, -0.1) is 0 Å². The minimum Gasteiger partial charge on any atom is -0.366 e. The Hall–Kier alpha value is -2.88. The van der Waals surface area contributed by atoms with E-state index in [-0.39, 0.29) is 17.5 Å². The van der Waals surface area contributed by atoms with E-state index in [1.165, 1.54) is 17.8 Å². The van der Waals surface area contributed by atoms with Crippen LogP contribution in [0.4, 0.5) is 15.9 Å². The van der Waals surface area contributed by atoms with Gasteiger partial charge in [-0.25, -0.2) is 14.4 Å². The van der Waals surface area contributed by atoms with Crippen molar-refractivity contribution in [2.24, 2.45) is 0 Å². The topological polar surface area (TPSA) is 55.8 Å². The number of nitrogens with zero attached hydrogens (tertiary/aromatic N) is 6. The van der Waals surface area contributed by atoms with Crippen molar-refractivity contribution in [3.63, 3.8) is 0 Å². The zero-order chi connectivity index (χ0) is 26.2. The number of para-hydroxylation sites is 1. The molecule has 1 aliphatic rings. The second-order valence-electron chi connectivity index (χ2n) is 9.15. The summed E-state index contributed by atoms with van der Waals surface area (Å²) in [5.74, 6) is 0.758. The van der Waals surface area contributed by atoms with Crippen molar-refractivity contribution in [2.45, 2.75) is 11.7 Å². The van der Waals surface area contributed by atoms with E-state index in [1.54, 1.807) is 18.2 Å². The lowest BCUT2D eigenvalue weighted by Gasteiger charge is -2.36. The first kappa shape index (κ1) is 27.2. The van der Waals surface area contributed by atoms with Crippen LogP contribution in [-0.2, 0) is 11.3 Å². The SMILES string of the molecule is CN(C)CCN(Cc1ccccc1)C(=O)CSc1nc(Cl)cc(N2CCN(c3ccccc3F)CC2)n1. The lowest BCUT2D eigenvalue weighted by molar-refractivity contribution is -0.129. The van der Waals surface area contributed by atoms with Crippen LogP contribution in [0.3, 0.4) is 0 Å². The van der Waals surface area contributed by atoms with E-state index in [9.17, 15) is 9.18 Å². The number of aromatic nitrogens is 2. The Morgan fingerprint density at radius 1 is 0.973 bits per heavy atom. The highest BCUT2D eigenvalue weighted by molar-refractivity contribution is 7.99. The molecule has 37 heavy (non-hydrogen) atoms. The Labute approximate surface area is 227 Å². The fourth-order valence-corrected chi connectivity index (χ4v) is 5.11. The molecule has 2 aromatic carbocycles. The van der Waals surface area contributed by atoms with Gasteiger partial charge in [-0.1, -0.05) is 65.8 Å². The summed E-state index contributed by atoms with van der Waals surface area (Å²) in [6.07, 6.45) is 0. The maximum Gasteiger partial charge on any atom is 0.233 e. The molecule has 0 atom stereocenters. The van der Waals surface area contributed by atoms with Crippen LogP contribution in [0.25, 0.3) is 0 Å². The average molecular weight is 543 g/mol. The molecule has 0 unspecified atom stereocenters. The predicted molar refractivity (Wildman–Crippen MR) is 149 cm³/mol. The lowest BCUT2D eigenvalue weighted by atomic mass is 10.2. The summed E-state index contributed by atoms with van der Waals surface area (Å²) in [6, 6.07) is 18.6. The van der Waals surface area contributed by atoms with Crippen LogP contribution in [0, 0.1) is 5.82 Å². The predicted octanol–water partition coefficient (Wildman–Crippen LogP) is 4.28. The van der Waals surface area contributed by atoms with Crippen molar-refractivity contribution in [3.8, 4) is 0 Å². The Bertz CT molecular complexity index is 1180. The summed E-state index contributed by atoms with van der Waals surface area (Å²) in [4.78, 5) is 30.3. The molecule has 0 N–H and O–H groups in total. The summed E-state index contributed by atoms with van der Waals surface area (Å²) >= 11 is 7.63. The van der Waals surface area contributed by atoms with Crippen LogP contribution < -0.4 is 9.80 Å². The molecule has 1 fully saturated rings. The van der Waals surface area contributed by atoms with Crippen LogP contribution in [0.2, 0.25) is 5.15 Å². The second-order valence-corrected chi connectivity index (χ2v) is 10.5. The minimum absolute atomic E-state index is 0.0272. The molecule has 10 heteroatoms. The van der Waals surface area contributed by atoms with Crippen molar-refractivity contribution in [1.29, 1.82) is 0 Å². The Morgan fingerprint density at radius 3 is 2.35 bits per heavy atom. The number of benzene rings is 2. The highest BCUT2D eigenvalue weighted by Crippen LogP contribution is 2.25. The molecule has 1 amide bonds. The fraction of sp³-hybridized carbons (Fsp3) is 0.370. The van der Waals surface area contributed by atoms with E-state index in [0.717, 1.165) is 17.9 Å². The smallest absolute Gasteiger partial charge is 0.233 e. The lowest BCUT2D eigenvalue weighted by Crippen LogP contribution is -2.47. The number of thioether (sulfide) groups is 1. The number of carbonyl (C=O) groups is 1.